The Bertz CT molecular complexity index is 802. The van der Waals surface area contributed by atoms with Crippen LogP contribution in [0.5, 0.6) is 11.5 Å². The van der Waals surface area contributed by atoms with Crippen molar-refractivity contribution in [2.45, 2.75) is 25.5 Å². The molecular formula is C20H19BrO5S. The molecule has 7 heteroatoms. The van der Waals surface area contributed by atoms with Crippen molar-refractivity contribution in [1.82, 2.24) is 0 Å². The van der Waals surface area contributed by atoms with Crippen LogP contribution in [0.1, 0.15) is 30.6 Å². The van der Waals surface area contributed by atoms with Gasteiger partial charge in [-0.25, -0.2) is 0 Å². The Hall–Kier alpha value is -2.12. The molecule has 142 valence electrons. The first-order chi connectivity index (χ1) is 12.9. The highest BCUT2D eigenvalue weighted by atomic mass is 79.9. The molecule has 0 saturated carbocycles. The Labute approximate surface area is 170 Å². The maximum atomic E-state index is 12.5. The van der Waals surface area contributed by atoms with Crippen molar-refractivity contribution >= 4 is 44.6 Å². The molecule has 0 radical (unpaired) electrons. The van der Waals surface area contributed by atoms with Gasteiger partial charge in [-0.1, -0.05) is 27.7 Å². The maximum Gasteiger partial charge on any atom is 0.319 e. The van der Waals surface area contributed by atoms with Crippen LogP contribution in [0.25, 0.3) is 0 Å². The topological polar surface area (TPSA) is 69.7 Å². The van der Waals surface area contributed by atoms with E-state index in [0.717, 1.165) is 16.2 Å². The lowest BCUT2D eigenvalue weighted by Crippen LogP contribution is -2.24. The molecule has 0 aromatic heterocycles. The van der Waals surface area contributed by atoms with Crippen LogP contribution in [0.4, 0.5) is 0 Å². The summed E-state index contributed by atoms with van der Waals surface area (Å²) >= 11 is 4.18. The highest BCUT2D eigenvalue weighted by Crippen LogP contribution is 2.25. The average molecular weight is 451 g/mol. The highest BCUT2D eigenvalue weighted by molar-refractivity contribution is 9.10. The minimum Gasteiger partial charge on any atom is -0.465 e. The molecular weight excluding hydrogens is 432 g/mol. The number of Topliss-reactive ketones (excluding diaryl/α,β-unsaturated/α-hetero) is 1. The molecule has 0 amide bonds. The molecule has 2 rings (SSSR count). The van der Waals surface area contributed by atoms with Crippen LogP contribution in [-0.2, 0) is 14.3 Å². The fraction of sp³-hybridized carbons (Fsp3) is 0.250. The van der Waals surface area contributed by atoms with Crippen molar-refractivity contribution in [3.8, 4) is 11.5 Å². The molecule has 0 aliphatic rings. The van der Waals surface area contributed by atoms with Gasteiger partial charge in [0, 0.05) is 23.4 Å². The molecule has 0 aliphatic heterocycles. The van der Waals surface area contributed by atoms with Crippen molar-refractivity contribution < 1.29 is 23.9 Å². The monoisotopic (exact) mass is 450 g/mol. The molecule has 0 heterocycles. The summed E-state index contributed by atoms with van der Waals surface area (Å²) in [5.41, 5.74) is 0.441. The van der Waals surface area contributed by atoms with Crippen LogP contribution < -0.4 is 4.74 Å². The summed E-state index contributed by atoms with van der Waals surface area (Å²) in [6, 6.07) is 14.0. The van der Waals surface area contributed by atoms with E-state index < -0.39 is 11.2 Å². The van der Waals surface area contributed by atoms with E-state index in [2.05, 4.69) is 15.9 Å². The Balaban J connectivity index is 2.03. The number of esters is 1. The summed E-state index contributed by atoms with van der Waals surface area (Å²) in [7, 11) is 0. The second kappa shape index (κ2) is 10.3. The smallest absolute Gasteiger partial charge is 0.319 e. The summed E-state index contributed by atoms with van der Waals surface area (Å²) in [4.78, 5) is 35.8. The zero-order valence-electron chi connectivity index (χ0n) is 14.9. The third-order valence-electron chi connectivity index (χ3n) is 3.45. The van der Waals surface area contributed by atoms with Gasteiger partial charge in [-0.15, -0.1) is 0 Å². The summed E-state index contributed by atoms with van der Waals surface area (Å²) in [6.07, 6.45) is -0.101. The first kappa shape index (κ1) is 21.2. The fourth-order valence-corrected chi connectivity index (χ4v) is 3.31. The van der Waals surface area contributed by atoms with Gasteiger partial charge in [0.25, 0.3) is 0 Å². The van der Waals surface area contributed by atoms with Crippen LogP contribution in [0.2, 0.25) is 0 Å². The predicted molar refractivity (Wildman–Crippen MR) is 108 cm³/mol. The number of ketones is 1. The second-order valence-corrected chi connectivity index (χ2v) is 7.85. The van der Waals surface area contributed by atoms with Crippen LogP contribution in [-0.4, -0.2) is 28.7 Å². The first-order valence-electron chi connectivity index (χ1n) is 8.29. The Morgan fingerprint density at radius 1 is 1.00 bits per heavy atom. The largest absolute Gasteiger partial charge is 0.465 e. The zero-order chi connectivity index (χ0) is 19.8. The molecule has 0 spiro atoms. The Morgan fingerprint density at radius 2 is 1.56 bits per heavy atom. The number of benzene rings is 2. The van der Waals surface area contributed by atoms with Gasteiger partial charge in [0.05, 0.1) is 6.61 Å². The molecule has 2 aromatic rings. The summed E-state index contributed by atoms with van der Waals surface area (Å²) in [6.45, 7) is 3.24. The zero-order valence-corrected chi connectivity index (χ0v) is 17.3. The van der Waals surface area contributed by atoms with Gasteiger partial charge >= 0.3 is 5.97 Å². The lowest BCUT2D eigenvalue weighted by atomic mass is 10.1. The maximum absolute atomic E-state index is 12.5. The van der Waals surface area contributed by atoms with Gasteiger partial charge in [0.15, 0.2) is 10.9 Å². The number of carbonyl (C=O) groups is 3. The van der Waals surface area contributed by atoms with E-state index in [0.29, 0.717) is 17.1 Å². The standard InChI is InChI=1S/C20H19BrO5S/c1-3-25-20(24)19(27-13(2)22)12-18(23)14-4-8-16(9-5-14)26-17-10-6-15(21)7-11-17/h4-11,19H,3,12H2,1-2H3. The first-order valence-corrected chi connectivity index (χ1v) is 9.97. The van der Waals surface area contributed by atoms with Gasteiger partial charge in [-0.2, -0.15) is 0 Å². The molecule has 0 saturated heterocycles. The van der Waals surface area contributed by atoms with E-state index in [1.807, 2.05) is 24.3 Å². The van der Waals surface area contributed by atoms with Crippen LogP contribution in [0.3, 0.4) is 0 Å². The normalized spacial score (nSPS) is 11.5. The predicted octanol–water partition coefficient (Wildman–Crippen LogP) is 5.03. The van der Waals surface area contributed by atoms with Gasteiger partial charge in [-0.3, -0.25) is 14.4 Å². The van der Waals surface area contributed by atoms with E-state index in [9.17, 15) is 14.4 Å². The number of thioether (sulfide) groups is 1. The van der Waals surface area contributed by atoms with Gasteiger partial charge in [0.1, 0.15) is 16.7 Å². The molecule has 0 N–H and O–H groups in total. The Kier molecular flexibility index (Phi) is 8.06. The van der Waals surface area contributed by atoms with Crippen molar-refractivity contribution in [1.29, 1.82) is 0 Å². The summed E-state index contributed by atoms with van der Waals surface area (Å²) in [5.74, 6) is 0.477. The minimum atomic E-state index is -0.839. The quantitative estimate of drug-likeness (QED) is 0.415. The molecule has 5 nitrogen and oxygen atoms in total. The number of halogens is 1. The average Bonchev–Trinajstić information content (AvgIpc) is 2.63. The molecule has 2 aromatic carbocycles. The number of rotatable bonds is 8. The summed E-state index contributed by atoms with van der Waals surface area (Å²) < 4.78 is 11.6. The van der Waals surface area contributed by atoms with Crippen molar-refractivity contribution in [2.75, 3.05) is 6.61 Å². The van der Waals surface area contributed by atoms with E-state index >= 15 is 0 Å². The molecule has 0 aliphatic carbocycles. The number of hydrogen-bond donors (Lipinski definition) is 0. The van der Waals surface area contributed by atoms with E-state index in [-0.39, 0.29) is 23.9 Å². The summed E-state index contributed by atoms with van der Waals surface area (Å²) in [5, 5.41) is -1.08. The van der Waals surface area contributed by atoms with Crippen molar-refractivity contribution in [2.24, 2.45) is 0 Å². The van der Waals surface area contributed by atoms with Crippen molar-refractivity contribution in [3.05, 3.63) is 58.6 Å². The van der Waals surface area contributed by atoms with Crippen LogP contribution in [0, 0.1) is 0 Å². The van der Waals surface area contributed by atoms with Crippen LogP contribution >= 0.6 is 27.7 Å². The third-order valence-corrected chi connectivity index (χ3v) is 4.96. The van der Waals surface area contributed by atoms with Crippen LogP contribution in [0.15, 0.2) is 53.0 Å². The van der Waals surface area contributed by atoms with Crippen molar-refractivity contribution in [3.63, 3.8) is 0 Å². The molecule has 0 fully saturated rings. The minimum absolute atomic E-state index is 0.101. The molecule has 1 atom stereocenters. The second-order valence-electron chi connectivity index (χ2n) is 5.56. The number of hydrogen-bond acceptors (Lipinski definition) is 6. The number of ether oxygens (including phenoxy) is 2. The number of carbonyl (C=O) groups excluding carboxylic acids is 3. The van der Waals surface area contributed by atoms with E-state index in [4.69, 9.17) is 9.47 Å². The third kappa shape index (κ3) is 6.84. The lowest BCUT2D eigenvalue weighted by Gasteiger charge is -2.13. The van der Waals surface area contributed by atoms with Gasteiger partial charge in [-0.05, 0) is 55.5 Å². The lowest BCUT2D eigenvalue weighted by molar-refractivity contribution is -0.142. The fourth-order valence-electron chi connectivity index (χ4n) is 2.24. The molecule has 0 bridgehead atoms. The van der Waals surface area contributed by atoms with Gasteiger partial charge < -0.3 is 9.47 Å². The van der Waals surface area contributed by atoms with Gasteiger partial charge in [0.2, 0.25) is 0 Å². The molecule has 1 unspecified atom stereocenters. The van der Waals surface area contributed by atoms with E-state index in [1.54, 1.807) is 31.2 Å². The molecule has 27 heavy (non-hydrogen) atoms. The SMILES string of the molecule is CCOC(=O)C(CC(=O)c1ccc(Oc2ccc(Br)cc2)cc1)SC(C)=O. The highest BCUT2D eigenvalue weighted by Gasteiger charge is 2.26. The Morgan fingerprint density at radius 3 is 2.07 bits per heavy atom. The van der Waals surface area contributed by atoms with E-state index in [1.165, 1.54) is 6.92 Å².